The average Bonchev–Trinajstić information content (AvgIpc) is 3.15. The highest BCUT2D eigenvalue weighted by Crippen LogP contribution is 2.36. The molecule has 1 fully saturated rings. The molecular formula is C26H25N3O6. The predicted octanol–water partition coefficient (Wildman–Crippen LogP) is 1.55. The molecule has 4 rings (SSSR count). The molecule has 9 heteroatoms. The van der Waals surface area contributed by atoms with Crippen molar-refractivity contribution < 1.29 is 28.7 Å². The molecule has 0 aromatic heterocycles. The second-order valence-electron chi connectivity index (χ2n) is 8.38. The summed E-state index contributed by atoms with van der Waals surface area (Å²) in [7, 11) is 0. The van der Waals surface area contributed by atoms with Crippen LogP contribution < -0.4 is 10.9 Å². The van der Waals surface area contributed by atoms with E-state index in [-0.39, 0.29) is 6.42 Å². The van der Waals surface area contributed by atoms with Crippen LogP contribution in [-0.2, 0) is 30.3 Å². The molecule has 1 heterocycles. The van der Waals surface area contributed by atoms with E-state index in [1.165, 1.54) is 0 Å². The predicted molar refractivity (Wildman–Crippen MR) is 124 cm³/mol. The van der Waals surface area contributed by atoms with Crippen LogP contribution in [0.15, 0.2) is 72.8 Å². The van der Waals surface area contributed by atoms with Gasteiger partial charge in [-0.2, -0.15) is 0 Å². The number of carbonyl (C=O) groups excluding carboxylic acids is 5. The first-order valence-corrected chi connectivity index (χ1v) is 11.3. The average molecular weight is 476 g/mol. The SMILES string of the molecule is O=C(COC(=O)[C@H](Cc1ccccc1)N1C(=O)[C@H]2CC=CC[C@@H]2C1=O)NNC(=O)c1ccccc1. The van der Waals surface area contributed by atoms with Gasteiger partial charge < -0.3 is 4.74 Å². The van der Waals surface area contributed by atoms with E-state index in [2.05, 4.69) is 10.9 Å². The number of benzene rings is 2. The first-order chi connectivity index (χ1) is 17.0. The van der Waals surface area contributed by atoms with Crippen molar-refractivity contribution in [3.05, 3.63) is 83.9 Å². The Kier molecular flexibility index (Phi) is 7.35. The lowest BCUT2D eigenvalue weighted by Crippen LogP contribution is -2.49. The van der Waals surface area contributed by atoms with E-state index in [1.807, 2.05) is 18.2 Å². The van der Waals surface area contributed by atoms with Crippen molar-refractivity contribution in [2.45, 2.75) is 25.3 Å². The maximum Gasteiger partial charge on any atom is 0.330 e. The summed E-state index contributed by atoms with van der Waals surface area (Å²) in [6, 6.07) is 16.0. The Hall–Kier alpha value is -4.27. The lowest BCUT2D eigenvalue weighted by atomic mass is 9.85. The molecule has 0 bridgehead atoms. The van der Waals surface area contributed by atoms with E-state index in [4.69, 9.17) is 4.74 Å². The number of rotatable bonds is 7. The molecule has 3 atom stereocenters. The van der Waals surface area contributed by atoms with Crippen molar-refractivity contribution in [3.63, 3.8) is 0 Å². The minimum absolute atomic E-state index is 0.0659. The van der Waals surface area contributed by atoms with E-state index >= 15 is 0 Å². The number of amides is 4. The topological polar surface area (TPSA) is 122 Å². The molecule has 0 unspecified atom stereocenters. The van der Waals surface area contributed by atoms with Crippen molar-refractivity contribution >= 4 is 29.6 Å². The van der Waals surface area contributed by atoms with Crippen molar-refractivity contribution in [3.8, 4) is 0 Å². The number of hydrazine groups is 1. The Bertz CT molecular complexity index is 1120. The molecule has 0 saturated carbocycles. The zero-order valence-corrected chi connectivity index (χ0v) is 18.9. The molecule has 0 radical (unpaired) electrons. The van der Waals surface area contributed by atoms with Gasteiger partial charge in [0.2, 0.25) is 11.8 Å². The van der Waals surface area contributed by atoms with Crippen molar-refractivity contribution in [1.82, 2.24) is 15.8 Å². The normalized spacial score (nSPS) is 19.6. The number of fused-ring (bicyclic) bond motifs is 1. The molecule has 2 aromatic rings. The van der Waals surface area contributed by atoms with Gasteiger partial charge in [0, 0.05) is 12.0 Å². The van der Waals surface area contributed by atoms with Gasteiger partial charge in [-0.25, -0.2) is 4.79 Å². The van der Waals surface area contributed by atoms with E-state index in [0.717, 1.165) is 10.5 Å². The highest BCUT2D eigenvalue weighted by Gasteiger charge is 2.51. The highest BCUT2D eigenvalue weighted by molar-refractivity contribution is 6.08. The van der Waals surface area contributed by atoms with Crippen LogP contribution in [0.1, 0.15) is 28.8 Å². The van der Waals surface area contributed by atoms with Gasteiger partial charge in [-0.1, -0.05) is 60.7 Å². The minimum atomic E-state index is -1.20. The number of ether oxygens (including phenoxy) is 1. The molecule has 2 aliphatic rings. The van der Waals surface area contributed by atoms with Gasteiger partial charge >= 0.3 is 5.97 Å². The molecule has 2 N–H and O–H groups in total. The van der Waals surface area contributed by atoms with Crippen LogP contribution in [0.5, 0.6) is 0 Å². The third-order valence-electron chi connectivity index (χ3n) is 6.09. The van der Waals surface area contributed by atoms with Gasteiger partial charge in [0.25, 0.3) is 11.8 Å². The van der Waals surface area contributed by atoms with Crippen molar-refractivity contribution in [1.29, 1.82) is 0 Å². The van der Waals surface area contributed by atoms with Crippen LogP contribution in [0.25, 0.3) is 0 Å². The fourth-order valence-corrected chi connectivity index (χ4v) is 4.31. The Morgan fingerprint density at radius 2 is 1.43 bits per heavy atom. The summed E-state index contributed by atoms with van der Waals surface area (Å²) in [5.74, 6) is -3.95. The summed E-state index contributed by atoms with van der Waals surface area (Å²) in [5.41, 5.74) is 5.50. The third kappa shape index (κ3) is 5.46. The van der Waals surface area contributed by atoms with Gasteiger partial charge in [-0.15, -0.1) is 0 Å². The van der Waals surface area contributed by atoms with Gasteiger partial charge in [0.1, 0.15) is 6.04 Å². The summed E-state index contributed by atoms with van der Waals surface area (Å²) in [6.45, 7) is -0.691. The number of nitrogens with zero attached hydrogens (tertiary/aromatic N) is 1. The lowest BCUT2D eigenvalue weighted by Gasteiger charge is -2.25. The second-order valence-corrected chi connectivity index (χ2v) is 8.38. The Labute approximate surface area is 202 Å². The highest BCUT2D eigenvalue weighted by atomic mass is 16.5. The molecule has 35 heavy (non-hydrogen) atoms. The van der Waals surface area contributed by atoms with Gasteiger partial charge in [-0.3, -0.25) is 34.9 Å². The van der Waals surface area contributed by atoms with Gasteiger partial charge in [-0.05, 0) is 30.5 Å². The minimum Gasteiger partial charge on any atom is -0.454 e. The van der Waals surface area contributed by atoms with Crippen LogP contribution in [-0.4, -0.2) is 47.1 Å². The molecule has 1 saturated heterocycles. The fourth-order valence-electron chi connectivity index (χ4n) is 4.31. The fraction of sp³-hybridized carbons (Fsp3) is 0.269. The number of hydrogen-bond acceptors (Lipinski definition) is 6. The monoisotopic (exact) mass is 475 g/mol. The number of allylic oxidation sites excluding steroid dienone is 2. The standard InChI is InChI=1S/C26H25N3O6/c30-22(27-28-23(31)18-11-5-2-6-12-18)16-35-26(34)21(15-17-9-3-1-4-10-17)29-24(32)19-13-7-8-14-20(19)25(29)33/h1-12,19-21H,13-16H2,(H,27,30)(H,28,31)/t19-,20-,21-/m0/s1. The smallest absolute Gasteiger partial charge is 0.330 e. The summed E-state index contributed by atoms with van der Waals surface area (Å²) in [4.78, 5) is 64.4. The largest absolute Gasteiger partial charge is 0.454 e. The van der Waals surface area contributed by atoms with Crippen molar-refractivity contribution in [2.24, 2.45) is 11.8 Å². The Morgan fingerprint density at radius 1 is 0.857 bits per heavy atom. The summed E-state index contributed by atoms with van der Waals surface area (Å²) in [5, 5.41) is 0. The lowest BCUT2D eigenvalue weighted by molar-refractivity contribution is -0.160. The number of nitrogens with one attached hydrogen (secondary N) is 2. The molecule has 9 nitrogen and oxygen atoms in total. The van der Waals surface area contributed by atoms with E-state index < -0.39 is 54.1 Å². The van der Waals surface area contributed by atoms with Gasteiger partial charge in [0.05, 0.1) is 11.8 Å². The molecule has 4 amide bonds. The Morgan fingerprint density at radius 3 is 2.03 bits per heavy atom. The van der Waals surface area contributed by atoms with Crippen LogP contribution in [0.4, 0.5) is 0 Å². The number of imide groups is 1. The first kappa shape index (κ1) is 23.9. The molecular weight excluding hydrogens is 450 g/mol. The van der Waals surface area contributed by atoms with Crippen LogP contribution in [0.3, 0.4) is 0 Å². The van der Waals surface area contributed by atoms with E-state index in [1.54, 1.807) is 54.6 Å². The second kappa shape index (κ2) is 10.8. The number of hydrogen-bond donors (Lipinski definition) is 2. The maximum absolute atomic E-state index is 13.1. The van der Waals surface area contributed by atoms with Gasteiger partial charge in [0.15, 0.2) is 6.61 Å². The molecule has 180 valence electrons. The summed E-state index contributed by atoms with van der Waals surface area (Å²) >= 11 is 0. The first-order valence-electron chi connectivity index (χ1n) is 11.3. The molecule has 1 aliphatic heterocycles. The van der Waals surface area contributed by atoms with E-state index in [0.29, 0.717) is 18.4 Å². The quantitative estimate of drug-likeness (QED) is 0.271. The van der Waals surface area contributed by atoms with Crippen LogP contribution >= 0.6 is 0 Å². The molecule has 0 spiro atoms. The maximum atomic E-state index is 13.1. The van der Waals surface area contributed by atoms with Crippen LogP contribution in [0.2, 0.25) is 0 Å². The summed E-state index contributed by atoms with van der Waals surface area (Å²) < 4.78 is 5.17. The molecule has 2 aromatic carbocycles. The third-order valence-corrected chi connectivity index (χ3v) is 6.09. The number of esters is 1. The zero-order chi connectivity index (χ0) is 24.8. The Balaban J connectivity index is 1.41. The summed E-state index contributed by atoms with van der Waals surface area (Å²) in [6.07, 6.45) is 4.70. The molecule has 1 aliphatic carbocycles. The van der Waals surface area contributed by atoms with Crippen LogP contribution in [0, 0.1) is 11.8 Å². The van der Waals surface area contributed by atoms with Crippen molar-refractivity contribution in [2.75, 3.05) is 6.61 Å². The number of likely N-dealkylation sites (tertiary alicyclic amines) is 1. The van der Waals surface area contributed by atoms with E-state index in [9.17, 15) is 24.0 Å². The number of carbonyl (C=O) groups is 5. The zero-order valence-electron chi connectivity index (χ0n) is 18.9.